The number of nitrogens with one attached hydrogen (secondary N) is 2. The van der Waals surface area contributed by atoms with Crippen LogP contribution < -0.4 is 10.6 Å². The van der Waals surface area contributed by atoms with Crippen LogP contribution in [0.2, 0.25) is 0 Å². The summed E-state index contributed by atoms with van der Waals surface area (Å²) in [5.41, 5.74) is 1.09. The molecule has 9 heteroatoms. The Bertz CT molecular complexity index is 1200. The number of hydrogen-bond donors (Lipinski definition) is 4. The standard InChI is InChI=1S/C34H51N3O6/c1-8-21(5)29(31(40)41)36-30(39)28(20(3)4)35-27(38)19-43-37-23-12-15-32(6)22(18-23)10-11-24-25(32)13-16-33(7)26(24)14-17-34(33,42)9-2/h2,18,20-21,24-26,28-29,42H,8,10-17,19H2,1,3-7H3,(H,35,38)(H,36,39)(H,40,41)/b37-23-/t21-,24-,25-,26-,28+,29+,32+,33+,34-/m1/s1. The van der Waals surface area contributed by atoms with Gasteiger partial charge >= 0.3 is 5.97 Å². The van der Waals surface area contributed by atoms with Gasteiger partial charge in [0.25, 0.3) is 5.91 Å². The highest BCUT2D eigenvalue weighted by atomic mass is 16.6. The molecule has 2 amide bonds. The quantitative estimate of drug-likeness (QED) is 0.217. The Hall–Kier alpha value is -2.86. The van der Waals surface area contributed by atoms with Gasteiger partial charge in [0.05, 0.1) is 5.71 Å². The number of carbonyl (C=O) groups excluding carboxylic acids is 2. The lowest BCUT2D eigenvalue weighted by molar-refractivity contribution is -0.144. The third kappa shape index (κ3) is 6.09. The molecular formula is C34H51N3O6. The average molecular weight is 598 g/mol. The number of hydrogen-bond acceptors (Lipinski definition) is 6. The van der Waals surface area contributed by atoms with E-state index in [1.807, 2.05) is 6.92 Å². The molecule has 9 nitrogen and oxygen atoms in total. The monoisotopic (exact) mass is 597 g/mol. The van der Waals surface area contributed by atoms with Crippen LogP contribution in [0.3, 0.4) is 0 Å². The van der Waals surface area contributed by atoms with Crippen molar-refractivity contribution >= 4 is 23.5 Å². The van der Waals surface area contributed by atoms with E-state index in [1.54, 1.807) is 20.8 Å². The second-order valence-electron chi connectivity index (χ2n) is 14.4. The van der Waals surface area contributed by atoms with E-state index in [2.05, 4.69) is 41.6 Å². The molecule has 43 heavy (non-hydrogen) atoms. The summed E-state index contributed by atoms with van der Waals surface area (Å²) in [6.07, 6.45) is 16.1. The lowest BCUT2D eigenvalue weighted by Crippen LogP contribution is -2.55. The van der Waals surface area contributed by atoms with E-state index in [1.165, 1.54) is 5.57 Å². The van der Waals surface area contributed by atoms with Crippen LogP contribution >= 0.6 is 0 Å². The van der Waals surface area contributed by atoms with Gasteiger partial charge < -0.3 is 25.7 Å². The number of carboxylic acid groups (broad SMARTS) is 1. The molecule has 4 aliphatic rings. The summed E-state index contributed by atoms with van der Waals surface area (Å²) in [7, 11) is 0. The third-order valence-corrected chi connectivity index (χ3v) is 11.8. The summed E-state index contributed by atoms with van der Waals surface area (Å²) in [6.45, 7) is 11.5. The number of amides is 2. The van der Waals surface area contributed by atoms with Gasteiger partial charge in [-0.2, -0.15) is 0 Å². The molecule has 238 valence electrons. The van der Waals surface area contributed by atoms with Crippen LogP contribution in [0.4, 0.5) is 0 Å². The fourth-order valence-electron chi connectivity index (χ4n) is 8.75. The second kappa shape index (κ2) is 12.6. The Balaban J connectivity index is 1.35. The van der Waals surface area contributed by atoms with Crippen LogP contribution in [0.15, 0.2) is 16.8 Å². The Labute approximate surface area is 256 Å². The minimum atomic E-state index is -1.10. The first-order valence-corrected chi connectivity index (χ1v) is 16.1. The summed E-state index contributed by atoms with van der Waals surface area (Å²) in [6, 6.07) is -1.92. The number of terminal acetylenes is 1. The van der Waals surface area contributed by atoms with Crippen molar-refractivity contribution in [1.29, 1.82) is 0 Å². The van der Waals surface area contributed by atoms with Crippen molar-refractivity contribution in [3.63, 3.8) is 0 Å². The lowest BCUT2D eigenvalue weighted by Gasteiger charge is -2.58. The van der Waals surface area contributed by atoms with Crippen molar-refractivity contribution in [2.45, 2.75) is 117 Å². The van der Waals surface area contributed by atoms with Gasteiger partial charge in [0, 0.05) is 5.41 Å². The zero-order chi connectivity index (χ0) is 31.7. The van der Waals surface area contributed by atoms with Crippen molar-refractivity contribution < 1.29 is 29.4 Å². The predicted octanol–water partition coefficient (Wildman–Crippen LogP) is 4.44. The molecule has 0 aliphatic heterocycles. The summed E-state index contributed by atoms with van der Waals surface area (Å²) in [4.78, 5) is 42.7. The molecule has 4 N–H and O–H groups in total. The molecule has 3 fully saturated rings. The smallest absolute Gasteiger partial charge is 0.326 e. The number of fused-ring (bicyclic) bond motifs is 5. The number of aliphatic hydroxyl groups is 1. The highest BCUT2D eigenvalue weighted by molar-refractivity contribution is 5.96. The SMILES string of the molecule is C#C[C@@]1(O)CC[C@@H]2[C@@H]3CCC4=C/C(=N\OCC(=O)N[C@H](C(=O)N[C@H](C(=O)O)[C@H](C)CC)C(C)C)CC[C@]4(C)[C@@H]3CC[C@@]21C. The second-order valence-corrected chi connectivity index (χ2v) is 14.4. The third-order valence-electron chi connectivity index (χ3n) is 11.8. The Kier molecular flexibility index (Phi) is 9.71. The van der Waals surface area contributed by atoms with Gasteiger partial charge in [-0.25, -0.2) is 4.79 Å². The van der Waals surface area contributed by atoms with Crippen LogP contribution in [0.1, 0.15) is 99.3 Å². The van der Waals surface area contributed by atoms with Crippen LogP contribution in [0.25, 0.3) is 0 Å². The summed E-state index contributed by atoms with van der Waals surface area (Å²) >= 11 is 0. The number of carboxylic acids is 1. The molecule has 0 heterocycles. The lowest BCUT2D eigenvalue weighted by atomic mass is 9.46. The van der Waals surface area contributed by atoms with E-state index in [-0.39, 0.29) is 29.3 Å². The largest absolute Gasteiger partial charge is 0.480 e. The van der Waals surface area contributed by atoms with Gasteiger partial charge in [-0.3, -0.25) is 9.59 Å². The van der Waals surface area contributed by atoms with Gasteiger partial charge in [-0.1, -0.05) is 64.6 Å². The normalized spacial score (nSPS) is 36.2. The zero-order valence-corrected chi connectivity index (χ0v) is 26.7. The molecule has 0 unspecified atom stereocenters. The number of nitrogens with zero attached hydrogens (tertiary/aromatic N) is 1. The summed E-state index contributed by atoms with van der Waals surface area (Å²) < 4.78 is 0. The van der Waals surface area contributed by atoms with Crippen molar-refractivity contribution in [3.8, 4) is 12.3 Å². The summed E-state index contributed by atoms with van der Waals surface area (Å²) in [5, 5.41) is 30.3. The molecule has 0 aromatic rings. The Morgan fingerprint density at radius 3 is 2.40 bits per heavy atom. The molecule has 0 aromatic carbocycles. The molecule has 4 aliphatic carbocycles. The fraction of sp³-hybridized carbons (Fsp3) is 0.765. The molecule has 3 saturated carbocycles. The first-order valence-electron chi connectivity index (χ1n) is 16.1. The first-order chi connectivity index (χ1) is 20.2. The van der Waals surface area contributed by atoms with Crippen molar-refractivity contribution in [2.75, 3.05) is 6.61 Å². The van der Waals surface area contributed by atoms with Gasteiger partial charge in [0.15, 0.2) is 6.61 Å². The fourth-order valence-corrected chi connectivity index (χ4v) is 8.75. The Morgan fingerprint density at radius 2 is 1.77 bits per heavy atom. The molecule has 0 saturated heterocycles. The first kappa shape index (κ1) is 33.0. The maximum Gasteiger partial charge on any atom is 0.326 e. The van der Waals surface area contributed by atoms with Gasteiger partial charge in [0.2, 0.25) is 5.91 Å². The van der Waals surface area contributed by atoms with Crippen molar-refractivity contribution in [1.82, 2.24) is 10.6 Å². The minimum Gasteiger partial charge on any atom is -0.480 e. The molecule has 0 spiro atoms. The van der Waals surface area contributed by atoms with Crippen LogP contribution in [0, 0.1) is 52.8 Å². The van der Waals surface area contributed by atoms with Crippen LogP contribution in [-0.2, 0) is 19.2 Å². The highest BCUT2D eigenvalue weighted by Gasteiger charge is 2.63. The number of carbonyl (C=O) groups is 3. The van der Waals surface area contributed by atoms with Crippen molar-refractivity contribution in [2.24, 2.45) is 45.6 Å². The van der Waals surface area contributed by atoms with E-state index in [4.69, 9.17) is 11.3 Å². The maximum absolute atomic E-state index is 12.9. The van der Waals surface area contributed by atoms with E-state index < -0.39 is 35.5 Å². The van der Waals surface area contributed by atoms with E-state index in [9.17, 15) is 24.6 Å². The minimum absolute atomic E-state index is 0.0818. The molecule has 9 atom stereocenters. The molecule has 4 rings (SSSR count). The summed E-state index contributed by atoms with van der Waals surface area (Å²) in [5.74, 6) is 1.70. The molecule has 0 aromatic heterocycles. The number of allylic oxidation sites excluding steroid dienone is 2. The number of rotatable bonds is 10. The number of aliphatic carboxylic acids is 1. The predicted molar refractivity (Wildman–Crippen MR) is 165 cm³/mol. The van der Waals surface area contributed by atoms with Gasteiger partial charge in [-0.05, 0) is 92.4 Å². The van der Waals surface area contributed by atoms with Gasteiger partial charge in [0.1, 0.15) is 17.7 Å². The topological polar surface area (TPSA) is 137 Å². The molecule has 0 radical (unpaired) electrons. The van der Waals surface area contributed by atoms with Crippen molar-refractivity contribution in [3.05, 3.63) is 11.6 Å². The molecule has 0 bridgehead atoms. The van der Waals surface area contributed by atoms with E-state index in [0.29, 0.717) is 30.6 Å². The van der Waals surface area contributed by atoms with E-state index >= 15 is 0 Å². The van der Waals surface area contributed by atoms with Crippen LogP contribution in [0.5, 0.6) is 0 Å². The van der Waals surface area contributed by atoms with Crippen LogP contribution in [-0.4, -0.2) is 58.0 Å². The maximum atomic E-state index is 12.9. The Morgan fingerprint density at radius 1 is 1.07 bits per heavy atom. The molecular weight excluding hydrogens is 546 g/mol. The zero-order valence-electron chi connectivity index (χ0n) is 26.7. The average Bonchev–Trinajstić information content (AvgIpc) is 3.24. The number of oxime groups is 1. The van der Waals surface area contributed by atoms with Gasteiger partial charge in [-0.15, -0.1) is 6.42 Å². The van der Waals surface area contributed by atoms with E-state index in [0.717, 1.165) is 50.7 Å². The highest BCUT2D eigenvalue weighted by Crippen LogP contribution is 2.67.